The molecular weight excluding hydrogens is 370 g/mol. The van der Waals surface area contributed by atoms with E-state index in [9.17, 15) is 4.79 Å². The molecule has 6 nitrogen and oxygen atoms in total. The Morgan fingerprint density at radius 3 is 2.89 bits per heavy atom. The van der Waals surface area contributed by atoms with E-state index in [4.69, 9.17) is 11.4 Å². The van der Waals surface area contributed by atoms with Gasteiger partial charge in [0.15, 0.2) is 0 Å². The molecule has 0 spiro atoms. The number of fused-ring (bicyclic) bond motifs is 1. The molecule has 2 aromatic rings. The normalized spacial score (nSPS) is 15.6. The molecule has 1 fully saturated rings. The van der Waals surface area contributed by atoms with Gasteiger partial charge in [0.2, 0.25) is 5.91 Å². The summed E-state index contributed by atoms with van der Waals surface area (Å²) in [6, 6.07) is 0. The van der Waals surface area contributed by atoms with Crippen molar-refractivity contribution < 1.29 is 4.79 Å². The highest BCUT2D eigenvalue weighted by Gasteiger charge is 2.22. The maximum Gasteiger partial charge on any atom is 0.234 e. The van der Waals surface area contributed by atoms with E-state index in [1.54, 1.807) is 11.3 Å². The molecule has 7 heteroatoms. The van der Waals surface area contributed by atoms with Gasteiger partial charge in [-0.3, -0.25) is 9.69 Å². The van der Waals surface area contributed by atoms with Gasteiger partial charge in [-0.2, -0.15) is 0 Å². The minimum Gasteiger partial charge on any atom is -0.355 e. The predicted molar refractivity (Wildman–Crippen MR) is 116 cm³/mol. The molecule has 1 aliphatic heterocycles. The number of thiophene rings is 1. The van der Waals surface area contributed by atoms with Crippen molar-refractivity contribution in [2.45, 2.75) is 33.6 Å². The lowest BCUT2D eigenvalue weighted by Crippen LogP contribution is -2.39. The third-order valence-electron chi connectivity index (χ3n) is 4.87. The summed E-state index contributed by atoms with van der Waals surface area (Å²) in [6.07, 6.45) is 7.25. The fourth-order valence-corrected chi connectivity index (χ4v) is 4.65. The van der Waals surface area contributed by atoms with Crippen molar-refractivity contribution in [2.24, 2.45) is 5.92 Å². The fourth-order valence-electron chi connectivity index (χ4n) is 3.65. The molecule has 1 aliphatic rings. The van der Waals surface area contributed by atoms with Crippen LogP contribution < -0.4 is 10.2 Å². The van der Waals surface area contributed by atoms with Gasteiger partial charge < -0.3 is 10.2 Å². The highest BCUT2D eigenvalue weighted by Crippen LogP contribution is 2.34. The molecule has 3 heterocycles. The van der Waals surface area contributed by atoms with Crippen LogP contribution in [0.5, 0.6) is 0 Å². The molecule has 1 amide bonds. The molecular formula is C21H29N5OS. The second-order valence-electron chi connectivity index (χ2n) is 7.73. The molecule has 28 heavy (non-hydrogen) atoms. The average Bonchev–Trinajstić information content (AvgIpc) is 2.88. The summed E-state index contributed by atoms with van der Waals surface area (Å²) < 4.78 is 0. The molecule has 3 rings (SSSR count). The van der Waals surface area contributed by atoms with Crippen molar-refractivity contribution in [3.63, 3.8) is 0 Å². The molecule has 0 aliphatic carbocycles. The Labute approximate surface area is 171 Å². The molecule has 0 aromatic carbocycles. The first kappa shape index (κ1) is 20.6. The molecule has 0 bridgehead atoms. The van der Waals surface area contributed by atoms with Gasteiger partial charge >= 0.3 is 0 Å². The Balaban J connectivity index is 1.78. The molecule has 0 atom stereocenters. The zero-order chi connectivity index (χ0) is 20.1. The Kier molecular flexibility index (Phi) is 6.87. The zero-order valence-electron chi connectivity index (χ0n) is 17.0. The van der Waals surface area contributed by atoms with Crippen molar-refractivity contribution in [2.75, 3.05) is 44.2 Å². The van der Waals surface area contributed by atoms with E-state index in [2.05, 4.69) is 45.2 Å². The number of aryl methyl sites for hydroxylation is 1. The lowest BCUT2D eigenvalue weighted by molar-refractivity contribution is -0.121. The smallest absolute Gasteiger partial charge is 0.234 e. The summed E-state index contributed by atoms with van der Waals surface area (Å²) >= 11 is 1.71. The van der Waals surface area contributed by atoms with Gasteiger partial charge in [0, 0.05) is 26.2 Å². The predicted octanol–water partition coefficient (Wildman–Crippen LogP) is 2.46. The molecule has 1 saturated heterocycles. The second-order valence-corrected chi connectivity index (χ2v) is 8.59. The van der Waals surface area contributed by atoms with Gasteiger partial charge in [-0.05, 0) is 36.6 Å². The summed E-state index contributed by atoms with van der Waals surface area (Å²) in [6.45, 7) is 10.6. The fraction of sp³-hybridized carbons (Fsp3) is 0.571. The number of carbonyl (C=O) groups is 1. The minimum atomic E-state index is -0.0104. The van der Waals surface area contributed by atoms with Crippen LogP contribution in [0.1, 0.15) is 31.7 Å². The van der Waals surface area contributed by atoms with Crippen molar-refractivity contribution in [3.05, 3.63) is 16.8 Å². The van der Waals surface area contributed by atoms with Gasteiger partial charge in [-0.15, -0.1) is 17.8 Å². The summed E-state index contributed by atoms with van der Waals surface area (Å²) in [5.41, 5.74) is 1.35. The molecule has 0 unspecified atom stereocenters. The first-order valence-electron chi connectivity index (χ1n) is 9.90. The summed E-state index contributed by atoms with van der Waals surface area (Å²) in [5, 5.41) is 6.20. The number of amides is 1. The first-order chi connectivity index (χ1) is 13.5. The van der Waals surface area contributed by atoms with Crippen LogP contribution >= 0.6 is 11.3 Å². The van der Waals surface area contributed by atoms with Crippen LogP contribution in [-0.2, 0) is 11.2 Å². The lowest BCUT2D eigenvalue weighted by atomic mass is 10.0. The van der Waals surface area contributed by atoms with E-state index in [1.165, 1.54) is 10.9 Å². The SMILES string of the molecule is C#CCNC(=O)CN1CCCN(c2nc(C)nc3scc(CC(C)C)c23)CC1. The summed E-state index contributed by atoms with van der Waals surface area (Å²) in [4.78, 5) is 27.1. The van der Waals surface area contributed by atoms with Crippen LogP contribution in [0.15, 0.2) is 5.38 Å². The third kappa shape index (κ3) is 5.00. The number of anilines is 1. The van der Waals surface area contributed by atoms with E-state index in [0.717, 1.165) is 55.5 Å². The van der Waals surface area contributed by atoms with Crippen LogP contribution in [0.25, 0.3) is 10.2 Å². The highest BCUT2D eigenvalue weighted by atomic mass is 32.1. The van der Waals surface area contributed by atoms with Crippen LogP contribution in [0.4, 0.5) is 5.82 Å². The quantitative estimate of drug-likeness (QED) is 0.756. The van der Waals surface area contributed by atoms with Crippen molar-refractivity contribution in [3.8, 4) is 12.3 Å². The number of hydrogen-bond acceptors (Lipinski definition) is 6. The molecule has 150 valence electrons. The molecule has 0 radical (unpaired) electrons. The van der Waals surface area contributed by atoms with E-state index in [-0.39, 0.29) is 12.5 Å². The Hall–Kier alpha value is -2.17. The number of carbonyl (C=O) groups excluding carboxylic acids is 1. The molecule has 0 saturated carbocycles. The van der Waals surface area contributed by atoms with E-state index in [0.29, 0.717) is 12.5 Å². The van der Waals surface area contributed by atoms with Crippen molar-refractivity contribution in [1.82, 2.24) is 20.2 Å². The number of terminal acetylenes is 1. The van der Waals surface area contributed by atoms with Gasteiger partial charge in [0.1, 0.15) is 16.5 Å². The maximum atomic E-state index is 12.0. The minimum absolute atomic E-state index is 0.0104. The van der Waals surface area contributed by atoms with Gasteiger partial charge in [0.05, 0.1) is 18.5 Å². The van der Waals surface area contributed by atoms with E-state index < -0.39 is 0 Å². The van der Waals surface area contributed by atoms with Gasteiger partial charge in [-0.25, -0.2) is 9.97 Å². The monoisotopic (exact) mass is 399 g/mol. The number of nitrogens with one attached hydrogen (secondary N) is 1. The lowest BCUT2D eigenvalue weighted by Gasteiger charge is -2.24. The van der Waals surface area contributed by atoms with Crippen molar-refractivity contribution in [1.29, 1.82) is 0 Å². The largest absolute Gasteiger partial charge is 0.355 e. The second kappa shape index (κ2) is 9.35. The van der Waals surface area contributed by atoms with Crippen LogP contribution in [0.3, 0.4) is 0 Å². The van der Waals surface area contributed by atoms with E-state index in [1.807, 2.05) is 6.92 Å². The molecule has 1 N–H and O–H groups in total. The summed E-state index contributed by atoms with van der Waals surface area (Å²) in [7, 11) is 0. The van der Waals surface area contributed by atoms with Crippen molar-refractivity contribution >= 4 is 33.3 Å². The van der Waals surface area contributed by atoms with Gasteiger partial charge in [0.25, 0.3) is 0 Å². The Morgan fingerprint density at radius 1 is 1.32 bits per heavy atom. The Bertz CT molecular complexity index is 870. The Morgan fingerprint density at radius 2 is 2.14 bits per heavy atom. The zero-order valence-corrected chi connectivity index (χ0v) is 17.8. The van der Waals surface area contributed by atoms with Crippen LogP contribution in [0.2, 0.25) is 0 Å². The average molecular weight is 400 g/mol. The van der Waals surface area contributed by atoms with Crippen LogP contribution in [-0.4, -0.2) is 60.0 Å². The number of aromatic nitrogens is 2. The molecule has 2 aromatic heterocycles. The number of hydrogen-bond donors (Lipinski definition) is 1. The van der Waals surface area contributed by atoms with Gasteiger partial charge in [-0.1, -0.05) is 19.8 Å². The van der Waals surface area contributed by atoms with Crippen LogP contribution in [0, 0.1) is 25.2 Å². The number of nitrogens with zero attached hydrogens (tertiary/aromatic N) is 4. The van der Waals surface area contributed by atoms with E-state index >= 15 is 0 Å². The topological polar surface area (TPSA) is 61.4 Å². The first-order valence-corrected chi connectivity index (χ1v) is 10.8. The maximum absolute atomic E-state index is 12.0. The third-order valence-corrected chi connectivity index (χ3v) is 5.79. The highest BCUT2D eigenvalue weighted by molar-refractivity contribution is 7.17. The standard InChI is InChI=1S/C21H29N5OS/c1-5-7-22-18(27)13-25-8-6-9-26(11-10-25)20-19-17(12-15(2)3)14-28-21(19)24-16(4)23-20/h1,14-15H,6-13H2,2-4H3,(H,22,27). The number of rotatable bonds is 6. The summed E-state index contributed by atoms with van der Waals surface area (Å²) in [5.74, 6) is 4.89.